The highest BCUT2D eigenvalue weighted by molar-refractivity contribution is 9.10. The highest BCUT2D eigenvalue weighted by atomic mass is 79.9. The Bertz CT molecular complexity index is 455. The fourth-order valence-corrected chi connectivity index (χ4v) is 1.71. The zero-order valence-electron chi connectivity index (χ0n) is 7.93. The fourth-order valence-electron chi connectivity index (χ4n) is 1.25. The molecule has 5 heteroatoms. The third-order valence-electron chi connectivity index (χ3n) is 1.91. The molecule has 0 spiro atoms. The first-order valence-corrected chi connectivity index (χ1v) is 5.23. The molecule has 1 aromatic heterocycles. The standard InChI is InChI=1S/C10H10BrN3O/c11-9-3-1-2-4-10(9)14-6-8(5-13-14)15-7-12/h1-6H,7,12H2. The average Bonchev–Trinajstić information content (AvgIpc) is 2.68. The van der Waals surface area contributed by atoms with Gasteiger partial charge in [-0.2, -0.15) is 5.10 Å². The maximum Gasteiger partial charge on any atom is 0.159 e. The molecule has 4 nitrogen and oxygen atoms in total. The summed E-state index contributed by atoms with van der Waals surface area (Å²) in [7, 11) is 0. The van der Waals surface area contributed by atoms with Gasteiger partial charge in [0.2, 0.25) is 0 Å². The Morgan fingerprint density at radius 1 is 1.40 bits per heavy atom. The van der Waals surface area contributed by atoms with Crippen LogP contribution < -0.4 is 10.5 Å². The maximum atomic E-state index is 5.27. The van der Waals surface area contributed by atoms with Crippen LogP contribution in [0.2, 0.25) is 0 Å². The van der Waals surface area contributed by atoms with Crippen LogP contribution in [0.5, 0.6) is 5.75 Å². The van der Waals surface area contributed by atoms with E-state index in [1.165, 1.54) is 0 Å². The molecule has 15 heavy (non-hydrogen) atoms. The van der Waals surface area contributed by atoms with E-state index in [1.807, 2.05) is 24.3 Å². The van der Waals surface area contributed by atoms with Gasteiger partial charge in [0.25, 0.3) is 0 Å². The number of hydrogen-bond donors (Lipinski definition) is 1. The molecule has 2 aromatic rings. The lowest BCUT2D eigenvalue weighted by Crippen LogP contribution is -2.06. The summed E-state index contributed by atoms with van der Waals surface area (Å²) in [5.74, 6) is 0.660. The Hall–Kier alpha value is -1.33. The lowest BCUT2D eigenvalue weighted by Gasteiger charge is -2.02. The van der Waals surface area contributed by atoms with Crippen molar-refractivity contribution in [1.29, 1.82) is 0 Å². The van der Waals surface area contributed by atoms with Gasteiger partial charge in [0, 0.05) is 4.47 Å². The molecule has 2 N–H and O–H groups in total. The minimum absolute atomic E-state index is 0.154. The van der Waals surface area contributed by atoms with Gasteiger partial charge in [-0.3, -0.25) is 5.73 Å². The second kappa shape index (κ2) is 4.46. The number of rotatable bonds is 3. The molecule has 0 radical (unpaired) electrons. The lowest BCUT2D eigenvalue weighted by molar-refractivity contribution is 0.329. The fraction of sp³-hybridized carbons (Fsp3) is 0.100. The molecule has 0 unspecified atom stereocenters. The van der Waals surface area contributed by atoms with Crippen molar-refractivity contribution in [3.63, 3.8) is 0 Å². The van der Waals surface area contributed by atoms with E-state index in [1.54, 1.807) is 17.1 Å². The molecule has 1 aromatic carbocycles. The SMILES string of the molecule is NCOc1cnn(-c2ccccc2Br)c1. The number of benzene rings is 1. The summed E-state index contributed by atoms with van der Waals surface area (Å²) < 4.78 is 7.84. The molecule has 0 fully saturated rings. The summed E-state index contributed by atoms with van der Waals surface area (Å²) in [6, 6.07) is 7.82. The third kappa shape index (κ3) is 2.19. The molecule has 0 amide bonds. The van der Waals surface area contributed by atoms with Crippen molar-refractivity contribution in [2.24, 2.45) is 5.73 Å². The molecule has 0 atom stereocenters. The summed E-state index contributed by atoms with van der Waals surface area (Å²) in [6.45, 7) is 0.154. The van der Waals surface area contributed by atoms with Gasteiger partial charge >= 0.3 is 0 Å². The summed E-state index contributed by atoms with van der Waals surface area (Å²) in [6.07, 6.45) is 3.42. The first-order chi connectivity index (χ1) is 7.31. The van der Waals surface area contributed by atoms with Crippen molar-refractivity contribution in [3.05, 3.63) is 41.1 Å². The van der Waals surface area contributed by atoms with Crippen molar-refractivity contribution < 1.29 is 4.74 Å². The van der Waals surface area contributed by atoms with Crippen LogP contribution in [0.15, 0.2) is 41.1 Å². The molecule has 0 aliphatic heterocycles. The van der Waals surface area contributed by atoms with Crippen molar-refractivity contribution in [2.75, 3.05) is 6.73 Å². The maximum absolute atomic E-state index is 5.27. The normalized spacial score (nSPS) is 10.3. The Kier molecular flexibility index (Phi) is 3.03. The number of nitrogens with zero attached hydrogens (tertiary/aromatic N) is 2. The van der Waals surface area contributed by atoms with Crippen molar-refractivity contribution in [3.8, 4) is 11.4 Å². The zero-order chi connectivity index (χ0) is 10.7. The monoisotopic (exact) mass is 267 g/mol. The highest BCUT2D eigenvalue weighted by Crippen LogP contribution is 2.21. The predicted molar refractivity (Wildman–Crippen MR) is 60.9 cm³/mol. The van der Waals surface area contributed by atoms with Crippen molar-refractivity contribution in [2.45, 2.75) is 0 Å². The quantitative estimate of drug-likeness (QED) is 0.865. The molecule has 0 saturated carbocycles. The molecule has 0 bridgehead atoms. The molecular weight excluding hydrogens is 258 g/mol. The van der Waals surface area contributed by atoms with Crippen LogP contribution in [0.25, 0.3) is 5.69 Å². The van der Waals surface area contributed by atoms with E-state index in [9.17, 15) is 0 Å². The van der Waals surface area contributed by atoms with Crippen LogP contribution in [0.3, 0.4) is 0 Å². The molecule has 1 heterocycles. The van der Waals surface area contributed by atoms with Crippen molar-refractivity contribution in [1.82, 2.24) is 9.78 Å². The Morgan fingerprint density at radius 3 is 2.93 bits per heavy atom. The topological polar surface area (TPSA) is 53.1 Å². The number of para-hydroxylation sites is 1. The van der Waals surface area contributed by atoms with Crippen LogP contribution in [0.1, 0.15) is 0 Å². The van der Waals surface area contributed by atoms with Gasteiger partial charge in [-0.25, -0.2) is 4.68 Å². The Morgan fingerprint density at radius 2 is 2.20 bits per heavy atom. The number of aromatic nitrogens is 2. The Balaban J connectivity index is 2.33. The van der Waals surface area contributed by atoms with Crippen LogP contribution in [0, 0.1) is 0 Å². The van der Waals surface area contributed by atoms with Crippen LogP contribution >= 0.6 is 15.9 Å². The smallest absolute Gasteiger partial charge is 0.159 e. The van der Waals surface area contributed by atoms with Gasteiger partial charge in [0.15, 0.2) is 5.75 Å². The molecule has 2 rings (SSSR count). The van der Waals surface area contributed by atoms with Gasteiger partial charge < -0.3 is 4.74 Å². The van der Waals surface area contributed by atoms with Crippen LogP contribution in [0.4, 0.5) is 0 Å². The van der Waals surface area contributed by atoms with E-state index in [4.69, 9.17) is 10.5 Å². The average molecular weight is 268 g/mol. The molecule has 0 aliphatic carbocycles. The second-order valence-electron chi connectivity index (χ2n) is 2.88. The number of hydrogen-bond acceptors (Lipinski definition) is 3. The number of halogens is 1. The molecule has 0 aliphatic rings. The molecular formula is C10H10BrN3O. The summed E-state index contributed by atoms with van der Waals surface area (Å²) >= 11 is 3.45. The minimum Gasteiger partial charge on any atom is -0.475 e. The van der Waals surface area contributed by atoms with Gasteiger partial charge in [-0.05, 0) is 28.1 Å². The molecule has 78 valence electrons. The summed E-state index contributed by atoms with van der Waals surface area (Å²) in [5.41, 5.74) is 6.23. The van der Waals surface area contributed by atoms with E-state index in [2.05, 4.69) is 21.0 Å². The van der Waals surface area contributed by atoms with Crippen LogP contribution in [-0.4, -0.2) is 16.5 Å². The predicted octanol–water partition coefficient (Wildman–Crippen LogP) is 1.93. The van der Waals surface area contributed by atoms with Crippen molar-refractivity contribution >= 4 is 15.9 Å². The summed E-state index contributed by atoms with van der Waals surface area (Å²) in [4.78, 5) is 0. The largest absolute Gasteiger partial charge is 0.475 e. The minimum atomic E-state index is 0.154. The first kappa shape index (κ1) is 10.2. The highest BCUT2D eigenvalue weighted by Gasteiger charge is 2.03. The first-order valence-electron chi connectivity index (χ1n) is 4.43. The molecule has 0 saturated heterocycles. The number of nitrogens with two attached hydrogens (primary N) is 1. The van der Waals surface area contributed by atoms with Crippen LogP contribution in [-0.2, 0) is 0 Å². The van der Waals surface area contributed by atoms with E-state index >= 15 is 0 Å². The van der Waals surface area contributed by atoms with E-state index in [-0.39, 0.29) is 6.73 Å². The summed E-state index contributed by atoms with van der Waals surface area (Å²) in [5, 5.41) is 4.17. The van der Waals surface area contributed by atoms with Gasteiger partial charge in [-0.15, -0.1) is 0 Å². The zero-order valence-corrected chi connectivity index (χ0v) is 9.52. The van der Waals surface area contributed by atoms with Gasteiger partial charge in [0.05, 0.1) is 18.1 Å². The second-order valence-corrected chi connectivity index (χ2v) is 3.74. The Labute approximate surface area is 95.8 Å². The number of ether oxygens (including phenoxy) is 1. The van der Waals surface area contributed by atoms with E-state index in [0.29, 0.717) is 5.75 Å². The van der Waals surface area contributed by atoms with Gasteiger partial charge in [0.1, 0.15) is 6.73 Å². The van der Waals surface area contributed by atoms with Gasteiger partial charge in [-0.1, -0.05) is 12.1 Å². The lowest BCUT2D eigenvalue weighted by atomic mass is 10.3. The van der Waals surface area contributed by atoms with E-state index in [0.717, 1.165) is 10.2 Å². The van der Waals surface area contributed by atoms with E-state index < -0.39 is 0 Å². The third-order valence-corrected chi connectivity index (χ3v) is 2.58.